The third-order valence-corrected chi connectivity index (χ3v) is 6.03. The van der Waals surface area contributed by atoms with Crippen LogP contribution in [0, 0.1) is 0 Å². The number of hydrogen-bond donors (Lipinski definition) is 1. The standard InChI is InChI=1S/C22H27N3O2S/c1-3-14-23-20(26)16(2)28-22-24-19-12-8-7-11-18(19)21(27)25(22)15-13-17-9-5-4-6-10-17/h3,7-9,11-12,16H,1,4-6,10,13-15H2,2H3,(H,23,26). The van der Waals surface area contributed by atoms with E-state index in [1.165, 1.54) is 30.2 Å². The fourth-order valence-electron chi connectivity index (χ4n) is 3.35. The fraction of sp³-hybridized carbons (Fsp3) is 0.409. The van der Waals surface area contributed by atoms with Gasteiger partial charge in [0.05, 0.1) is 16.2 Å². The van der Waals surface area contributed by atoms with Gasteiger partial charge in [0.25, 0.3) is 5.56 Å². The topological polar surface area (TPSA) is 64.0 Å². The molecule has 3 rings (SSSR count). The van der Waals surface area contributed by atoms with E-state index >= 15 is 0 Å². The number of fused-ring (bicyclic) bond motifs is 1. The molecule has 1 aromatic heterocycles. The van der Waals surface area contributed by atoms with Crippen LogP contribution in [0.15, 0.2) is 58.5 Å². The van der Waals surface area contributed by atoms with Crippen LogP contribution in [0.2, 0.25) is 0 Å². The Balaban J connectivity index is 1.89. The van der Waals surface area contributed by atoms with Gasteiger partial charge in [-0.2, -0.15) is 0 Å². The van der Waals surface area contributed by atoms with Gasteiger partial charge in [-0.25, -0.2) is 4.98 Å². The minimum Gasteiger partial charge on any atom is -0.352 e. The number of thioether (sulfide) groups is 1. The monoisotopic (exact) mass is 397 g/mol. The summed E-state index contributed by atoms with van der Waals surface area (Å²) >= 11 is 1.33. The summed E-state index contributed by atoms with van der Waals surface area (Å²) < 4.78 is 1.74. The molecule has 1 unspecified atom stereocenters. The van der Waals surface area contributed by atoms with E-state index in [2.05, 4.69) is 18.0 Å². The number of carbonyl (C=O) groups is 1. The zero-order valence-corrected chi connectivity index (χ0v) is 17.1. The number of nitrogens with zero attached hydrogens (tertiary/aromatic N) is 2. The summed E-state index contributed by atoms with van der Waals surface area (Å²) in [5.74, 6) is -0.0890. The zero-order chi connectivity index (χ0) is 19.9. The van der Waals surface area contributed by atoms with Crippen molar-refractivity contribution in [2.45, 2.75) is 56.0 Å². The van der Waals surface area contributed by atoms with Crippen LogP contribution in [-0.2, 0) is 11.3 Å². The lowest BCUT2D eigenvalue weighted by atomic mass is 9.97. The van der Waals surface area contributed by atoms with Crippen LogP contribution in [-0.4, -0.2) is 27.3 Å². The van der Waals surface area contributed by atoms with Crippen molar-refractivity contribution >= 4 is 28.6 Å². The van der Waals surface area contributed by atoms with Crippen molar-refractivity contribution in [2.24, 2.45) is 0 Å². The number of allylic oxidation sites excluding steroid dienone is 2. The fourth-order valence-corrected chi connectivity index (χ4v) is 4.31. The van der Waals surface area contributed by atoms with Gasteiger partial charge in [-0.15, -0.1) is 6.58 Å². The number of rotatable bonds is 8. The quantitative estimate of drug-likeness (QED) is 0.414. The molecule has 1 aliphatic carbocycles. The molecule has 0 fully saturated rings. The van der Waals surface area contributed by atoms with E-state index in [1.807, 2.05) is 31.2 Å². The van der Waals surface area contributed by atoms with E-state index in [0.717, 1.165) is 19.3 Å². The van der Waals surface area contributed by atoms with Gasteiger partial charge in [0.1, 0.15) is 0 Å². The van der Waals surface area contributed by atoms with Gasteiger partial charge in [0, 0.05) is 13.1 Å². The molecule has 1 heterocycles. The van der Waals surface area contributed by atoms with E-state index in [0.29, 0.717) is 29.1 Å². The SMILES string of the molecule is C=CCNC(=O)C(C)Sc1nc2ccccc2c(=O)n1CCC1=CCCCC1. The van der Waals surface area contributed by atoms with Crippen molar-refractivity contribution in [2.75, 3.05) is 6.54 Å². The summed E-state index contributed by atoms with van der Waals surface area (Å²) in [6.07, 6.45) is 9.52. The van der Waals surface area contributed by atoms with Crippen LogP contribution in [0.1, 0.15) is 39.0 Å². The van der Waals surface area contributed by atoms with Gasteiger partial charge in [-0.1, -0.05) is 41.6 Å². The molecule has 0 radical (unpaired) electrons. The van der Waals surface area contributed by atoms with E-state index in [-0.39, 0.29) is 16.7 Å². The summed E-state index contributed by atoms with van der Waals surface area (Å²) in [7, 11) is 0. The van der Waals surface area contributed by atoms with Crippen molar-refractivity contribution in [3.8, 4) is 0 Å². The van der Waals surface area contributed by atoms with Crippen molar-refractivity contribution in [1.29, 1.82) is 0 Å². The predicted molar refractivity (Wildman–Crippen MR) is 116 cm³/mol. The molecule has 148 valence electrons. The molecule has 6 heteroatoms. The Morgan fingerprint density at radius 2 is 2.21 bits per heavy atom. The van der Waals surface area contributed by atoms with E-state index in [9.17, 15) is 9.59 Å². The lowest BCUT2D eigenvalue weighted by Crippen LogP contribution is -2.32. The molecule has 5 nitrogen and oxygen atoms in total. The first-order valence-corrected chi connectivity index (χ1v) is 10.7. The van der Waals surface area contributed by atoms with Crippen LogP contribution >= 0.6 is 11.8 Å². The maximum atomic E-state index is 13.1. The molecular formula is C22H27N3O2S. The first-order chi connectivity index (χ1) is 13.6. The molecule has 1 N–H and O–H groups in total. The second-order valence-corrected chi connectivity index (χ2v) is 8.33. The predicted octanol–water partition coefficient (Wildman–Crippen LogP) is 4.07. The number of para-hydroxylation sites is 1. The molecule has 0 spiro atoms. The van der Waals surface area contributed by atoms with Crippen molar-refractivity contribution in [3.63, 3.8) is 0 Å². The molecule has 2 aromatic rings. The van der Waals surface area contributed by atoms with Gasteiger partial charge in [0.15, 0.2) is 5.16 Å². The van der Waals surface area contributed by atoms with Crippen LogP contribution in [0.3, 0.4) is 0 Å². The first-order valence-electron chi connectivity index (χ1n) is 9.83. The van der Waals surface area contributed by atoms with Crippen LogP contribution < -0.4 is 10.9 Å². The largest absolute Gasteiger partial charge is 0.352 e. The number of aromatic nitrogens is 2. The number of carbonyl (C=O) groups excluding carboxylic acids is 1. The summed E-state index contributed by atoms with van der Waals surface area (Å²) in [6.45, 7) is 6.47. The average molecular weight is 398 g/mol. The second-order valence-electron chi connectivity index (χ2n) is 7.02. The third-order valence-electron chi connectivity index (χ3n) is 4.94. The molecule has 0 saturated heterocycles. The molecule has 0 saturated carbocycles. The second kappa shape index (κ2) is 9.73. The van der Waals surface area contributed by atoms with E-state index in [1.54, 1.807) is 10.6 Å². The molecule has 1 amide bonds. The van der Waals surface area contributed by atoms with Gasteiger partial charge in [-0.05, 0) is 51.2 Å². The van der Waals surface area contributed by atoms with E-state index < -0.39 is 0 Å². The molecule has 28 heavy (non-hydrogen) atoms. The normalized spacial score (nSPS) is 15.1. The minimum atomic E-state index is -0.354. The summed E-state index contributed by atoms with van der Waals surface area (Å²) in [5, 5.41) is 3.67. The van der Waals surface area contributed by atoms with Gasteiger partial charge < -0.3 is 5.32 Å². The highest BCUT2D eigenvalue weighted by Crippen LogP contribution is 2.25. The van der Waals surface area contributed by atoms with Crippen LogP contribution in [0.5, 0.6) is 0 Å². The molecule has 1 aromatic carbocycles. The Morgan fingerprint density at radius 1 is 1.39 bits per heavy atom. The third kappa shape index (κ3) is 4.93. The maximum absolute atomic E-state index is 13.1. The van der Waals surface area contributed by atoms with Crippen LogP contribution in [0.25, 0.3) is 10.9 Å². The Morgan fingerprint density at radius 3 is 2.96 bits per heavy atom. The molecular weight excluding hydrogens is 370 g/mol. The Hall–Kier alpha value is -2.34. The van der Waals surface area contributed by atoms with Crippen molar-refractivity contribution in [1.82, 2.24) is 14.9 Å². The first kappa shape index (κ1) is 20.4. The zero-order valence-electron chi connectivity index (χ0n) is 16.3. The van der Waals surface area contributed by atoms with Crippen molar-refractivity contribution in [3.05, 3.63) is 58.9 Å². The van der Waals surface area contributed by atoms with Gasteiger partial charge >= 0.3 is 0 Å². The Kier molecular flexibility index (Phi) is 7.09. The number of nitrogens with one attached hydrogen (secondary N) is 1. The Bertz CT molecular complexity index is 948. The molecule has 0 bridgehead atoms. The lowest BCUT2D eigenvalue weighted by molar-refractivity contribution is -0.120. The summed E-state index contributed by atoms with van der Waals surface area (Å²) in [5.41, 5.74) is 2.05. The highest BCUT2D eigenvalue weighted by molar-refractivity contribution is 8.00. The molecule has 1 atom stereocenters. The smallest absolute Gasteiger partial charge is 0.262 e. The van der Waals surface area contributed by atoms with Gasteiger partial charge in [0.2, 0.25) is 5.91 Å². The Labute approximate surface area is 169 Å². The molecule has 1 aliphatic rings. The number of hydrogen-bond acceptors (Lipinski definition) is 4. The average Bonchev–Trinajstić information content (AvgIpc) is 2.72. The maximum Gasteiger partial charge on any atom is 0.262 e. The van der Waals surface area contributed by atoms with Crippen LogP contribution in [0.4, 0.5) is 0 Å². The summed E-state index contributed by atoms with van der Waals surface area (Å²) in [4.78, 5) is 30.1. The summed E-state index contributed by atoms with van der Waals surface area (Å²) in [6, 6.07) is 7.39. The number of amides is 1. The highest BCUT2D eigenvalue weighted by atomic mass is 32.2. The van der Waals surface area contributed by atoms with Crippen molar-refractivity contribution < 1.29 is 4.79 Å². The lowest BCUT2D eigenvalue weighted by Gasteiger charge is -2.18. The van der Waals surface area contributed by atoms with E-state index in [4.69, 9.17) is 4.98 Å². The van der Waals surface area contributed by atoms with Gasteiger partial charge in [-0.3, -0.25) is 14.2 Å². The number of benzene rings is 1. The minimum absolute atomic E-state index is 0.0387. The highest BCUT2D eigenvalue weighted by Gasteiger charge is 2.19. The molecule has 0 aliphatic heterocycles.